The predicted octanol–water partition coefficient (Wildman–Crippen LogP) is 4.63. The summed E-state index contributed by atoms with van der Waals surface area (Å²) >= 11 is 0. The Bertz CT molecular complexity index is 951. The van der Waals surface area contributed by atoms with Crippen molar-refractivity contribution in [1.29, 1.82) is 5.41 Å². The van der Waals surface area contributed by atoms with Crippen molar-refractivity contribution < 1.29 is 9.47 Å². The lowest BCUT2D eigenvalue weighted by atomic mass is 9.99. The molecule has 0 radical (unpaired) electrons. The number of aryl methyl sites for hydroxylation is 1. The molecule has 5 heteroatoms. The van der Waals surface area contributed by atoms with Crippen molar-refractivity contribution >= 4 is 11.5 Å². The van der Waals surface area contributed by atoms with Gasteiger partial charge in [0.05, 0.1) is 0 Å². The molecule has 0 bridgehead atoms. The summed E-state index contributed by atoms with van der Waals surface area (Å²) in [6, 6.07) is 21.3. The Balaban J connectivity index is 1.65. The van der Waals surface area contributed by atoms with Crippen LogP contribution >= 0.6 is 0 Å². The van der Waals surface area contributed by atoms with Gasteiger partial charge in [0.2, 0.25) is 0 Å². The molecule has 0 heterocycles. The maximum Gasteiger partial charge on any atom is 0.122 e. The summed E-state index contributed by atoms with van der Waals surface area (Å²) in [7, 11) is 0. The molecular formula is C24H27N3O2. The molecule has 3 aromatic rings. The van der Waals surface area contributed by atoms with Crippen LogP contribution in [0.4, 0.5) is 5.69 Å². The van der Waals surface area contributed by atoms with Gasteiger partial charge in [-0.1, -0.05) is 43.7 Å². The third-order valence-corrected chi connectivity index (χ3v) is 4.60. The van der Waals surface area contributed by atoms with Crippen molar-refractivity contribution in [3.05, 3.63) is 77.9 Å². The Morgan fingerprint density at radius 1 is 0.862 bits per heavy atom. The number of amidine groups is 1. The minimum absolute atomic E-state index is 0.0770. The average Bonchev–Trinajstić information content (AvgIpc) is 2.73. The van der Waals surface area contributed by atoms with Crippen LogP contribution in [0.1, 0.15) is 24.5 Å². The molecule has 5 nitrogen and oxygen atoms in total. The Hall–Kier alpha value is -3.47. The molecule has 0 aliphatic heterocycles. The summed E-state index contributed by atoms with van der Waals surface area (Å²) in [5.41, 5.74) is 16.0. The van der Waals surface area contributed by atoms with E-state index in [4.69, 9.17) is 26.4 Å². The smallest absolute Gasteiger partial charge is 0.122 e. The number of nitrogen functional groups attached to an aromatic ring is 2. The molecule has 0 aliphatic carbocycles. The van der Waals surface area contributed by atoms with Crippen molar-refractivity contribution in [3.63, 3.8) is 0 Å². The summed E-state index contributed by atoms with van der Waals surface area (Å²) < 4.78 is 11.7. The molecule has 0 fully saturated rings. The first-order chi connectivity index (χ1) is 14.1. The van der Waals surface area contributed by atoms with Crippen LogP contribution in [0, 0.1) is 5.41 Å². The summed E-state index contributed by atoms with van der Waals surface area (Å²) in [5, 5.41) is 7.52. The molecule has 0 unspecified atom stereocenters. The number of benzene rings is 3. The molecule has 0 atom stereocenters. The quantitative estimate of drug-likeness (QED) is 0.215. The van der Waals surface area contributed by atoms with Crippen LogP contribution in [0.3, 0.4) is 0 Å². The van der Waals surface area contributed by atoms with Crippen LogP contribution in [0.15, 0.2) is 66.7 Å². The van der Waals surface area contributed by atoms with E-state index in [0.717, 1.165) is 41.0 Å². The SMILES string of the molecule is CCCc1cc(-c2ccc(C(=N)N)cc2)ccc1OCCOc1ccc(N)cc1. The lowest BCUT2D eigenvalue weighted by Crippen LogP contribution is -2.10. The number of hydrogen-bond acceptors (Lipinski definition) is 4. The van der Waals surface area contributed by atoms with Crippen molar-refractivity contribution in [2.24, 2.45) is 5.73 Å². The minimum Gasteiger partial charge on any atom is -0.490 e. The van der Waals surface area contributed by atoms with E-state index in [1.54, 1.807) is 0 Å². The largest absolute Gasteiger partial charge is 0.490 e. The highest BCUT2D eigenvalue weighted by Gasteiger charge is 2.07. The highest BCUT2D eigenvalue weighted by atomic mass is 16.5. The summed E-state index contributed by atoms with van der Waals surface area (Å²) in [4.78, 5) is 0. The summed E-state index contributed by atoms with van der Waals surface area (Å²) in [6.45, 7) is 3.08. The van der Waals surface area contributed by atoms with Gasteiger partial charge in [-0.15, -0.1) is 0 Å². The second-order valence-electron chi connectivity index (χ2n) is 6.83. The Labute approximate surface area is 171 Å². The first-order valence-corrected chi connectivity index (χ1v) is 9.75. The van der Waals surface area contributed by atoms with E-state index >= 15 is 0 Å². The van der Waals surface area contributed by atoms with Gasteiger partial charge in [0, 0.05) is 11.3 Å². The van der Waals surface area contributed by atoms with Gasteiger partial charge in [-0.3, -0.25) is 5.41 Å². The van der Waals surface area contributed by atoms with Gasteiger partial charge in [-0.25, -0.2) is 0 Å². The highest BCUT2D eigenvalue weighted by Crippen LogP contribution is 2.28. The van der Waals surface area contributed by atoms with Crippen LogP contribution in [0.2, 0.25) is 0 Å². The molecule has 3 rings (SSSR count). The molecule has 0 aromatic heterocycles. The van der Waals surface area contributed by atoms with E-state index in [1.165, 1.54) is 5.56 Å². The number of nitrogens with one attached hydrogen (secondary N) is 1. The monoisotopic (exact) mass is 389 g/mol. The average molecular weight is 389 g/mol. The van der Waals surface area contributed by atoms with E-state index in [9.17, 15) is 0 Å². The third-order valence-electron chi connectivity index (χ3n) is 4.60. The Morgan fingerprint density at radius 2 is 1.52 bits per heavy atom. The fourth-order valence-corrected chi connectivity index (χ4v) is 3.08. The Morgan fingerprint density at radius 3 is 2.17 bits per heavy atom. The normalized spacial score (nSPS) is 10.5. The maximum absolute atomic E-state index is 7.52. The van der Waals surface area contributed by atoms with Crippen LogP contribution in [-0.2, 0) is 6.42 Å². The van der Waals surface area contributed by atoms with E-state index in [0.29, 0.717) is 18.9 Å². The fourth-order valence-electron chi connectivity index (χ4n) is 3.08. The van der Waals surface area contributed by atoms with Gasteiger partial charge >= 0.3 is 0 Å². The molecule has 29 heavy (non-hydrogen) atoms. The number of anilines is 1. The van der Waals surface area contributed by atoms with Gasteiger partial charge in [0.25, 0.3) is 0 Å². The first-order valence-electron chi connectivity index (χ1n) is 9.75. The second-order valence-corrected chi connectivity index (χ2v) is 6.83. The highest BCUT2D eigenvalue weighted by molar-refractivity contribution is 5.95. The van der Waals surface area contributed by atoms with Crippen LogP contribution < -0.4 is 20.9 Å². The molecule has 0 amide bonds. The van der Waals surface area contributed by atoms with Crippen LogP contribution in [-0.4, -0.2) is 19.0 Å². The van der Waals surface area contributed by atoms with Gasteiger partial charge < -0.3 is 20.9 Å². The zero-order chi connectivity index (χ0) is 20.6. The third kappa shape index (κ3) is 5.51. The molecular weight excluding hydrogens is 362 g/mol. The summed E-state index contributed by atoms with van der Waals surface area (Å²) in [6.07, 6.45) is 1.97. The van der Waals surface area contributed by atoms with Gasteiger partial charge in [-0.05, 0) is 59.5 Å². The lowest BCUT2D eigenvalue weighted by molar-refractivity contribution is 0.216. The van der Waals surface area contributed by atoms with Gasteiger partial charge in [0.1, 0.15) is 30.5 Å². The first kappa shape index (κ1) is 20.3. The number of hydrogen-bond donors (Lipinski definition) is 3. The standard InChI is InChI=1S/C24H27N3O2/c1-2-3-20-16-19(17-4-6-18(7-5-17)24(26)27)8-13-23(20)29-15-14-28-22-11-9-21(25)10-12-22/h4-13,16H,2-3,14-15,25H2,1H3,(H3,26,27). The molecule has 0 saturated heterocycles. The lowest BCUT2D eigenvalue weighted by Gasteiger charge is -2.14. The zero-order valence-electron chi connectivity index (χ0n) is 16.7. The van der Waals surface area contributed by atoms with Gasteiger partial charge in [-0.2, -0.15) is 0 Å². The van der Waals surface area contributed by atoms with Crippen LogP contribution in [0.25, 0.3) is 11.1 Å². The van der Waals surface area contributed by atoms with E-state index in [2.05, 4.69) is 19.1 Å². The summed E-state index contributed by atoms with van der Waals surface area (Å²) in [5.74, 6) is 1.74. The van der Waals surface area contributed by atoms with E-state index in [-0.39, 0.29) is 5.84 Å². The van der Waals surface area contributed by atoms with Crippen LogP contribution in [0.5, 0.6) is 11.5 Å². The molecule has 0 saturated carbocycles. The van der Waals surface area contributed by atoms with E-state index in [1.807, 2.05) is 54.6 Å². The Kier molecular flexibility index (Phi) is 6.74. The zero-order valence-corrected chi connectivity index (χ0v) is 16.7. The van der Waals surface area contributed by atoms with Crippen molar-refractivity contribution in [1.82, 2.24) is 0 Å². The van der Waals surface area contributed by atoms with E-state index < -0.39 is 0 Å². The fraction of sp³-hybridized carbons (Fsp3) is 0.208. The topological polar surface area (TPSA) is 94.4 Å². The molecule has 0 spiro atoms. The van der Waals surface area contributed by atoms with Crippen molar-refractivity contribution in [2.75, 3.05) is 18.9 Å². The van der Waals surface area contributed by atoms with Crippen molar-refractivity contribution in [2.45, 2.75) is 19.8 Å². The number of nitrogens with two attached hydrogens (primary N) is 2. The number of rotatable bonds is 9. The molecule has 3 aromatic carbocycles. The van der Waals surface area contributed by atoms with Crippen molar-refractivity contribution in [3.8, 4) is 22.6 Å². The molecule has 150 valence electrons. The maximum atomic E-state index is 7.52. The van der Waals surface area contributed by atoms with Gasteiger partial charge in [0.15, 0.2) is 0 Å². The molecule has 5 N–H and O–H groups in total. The second kappa shape index (κ2) is 9.64. The number of ether oxygens (including phenoxy) is 2. The predicted molar refractivity (Wildman–Crippen MR) is 119 cm³/mol. The minimum atomic E-state index is 0.0770. The molecule has 0 aliphatic rings.